The highest BCUT2D eigenvalue weighted by Gasteiger charge is 2.29. The molecule has 1 fully saturated rings. The minimum absolute atomic E-state index is 0.0000421. The van der Waals surface area contributed by atoms with Crippen LogP contribution >= 0.6 is 11.6 Å². The van der Waals surface area contributed by atoms with Gasteiger partial charge in [-0.25, -0.2) is 0 Å². The number of nitrogens with one attached hydrogen (secondary N) is 2. The van der Waals surface area contributed by atoms with Gasteiger partial charge < -0.3 is 10.6 Å². The van der Waals surface area contributed by atoms with Crippen LogP contribution in [0.5, 0.6) is 0 Å². The van der Waals surface area contributed by atoms with Crippen LogP contribution in [-0.4, -0.2) is 23.3 Å². The van der Waals surface area contributed by atoms with Gasteiger partial charge in [0.2, 0.25) is 11.8 Å². The molecule has 1 aliphatic carbocycles. The summed E-state index contributed by atoms with van der Waals surface area (Å²) in [7, 11) is 0. The SMILES string of the molecule is O=C(NCCc1ccc(Cl)cc1)C1CCC(C(=O)NCc2ccncc2)CC1. The van der Waals surface area contributed by atoms with Gasteiger partial charge in [-0.2, -0.15) is 0 Å². The Bertz CT molecular complexity index is 772. The average molecular weight is 400 g/mol. The molecule has 1 saturated carbocycles. The van der Waals surface area contributed by atoms with Crippen LogP contribution in [0.1, 0.15) is 36.8 Å². The topological polar surface area (TPSA) is 71.1 Å². The molecule has 5 nitrogen and oxygen atoms in total. The summed E-state index contributed by atoms with van der Waals surface area (Å²) in [5, 5.41) is 6.74. The molecule has 0 radical (unpaired) electrons. The number of hydrogen-bond acceptors (Lipinski definition) is 3. The van der Waals surface area contributed by atoms with Crippen molar-refractivity contribution in [3.63, 3.8) is 0 Å². The second kappa shape index (κ2) is 10.2. The zero-order valence-corrected chi connectivity index (χ0v) is 16.6. The molecule has 0 unspecified atom stereocenters. The van der Waals surface area contributed by atoms with Crippen LogP contribution in [0.2, 0.25) is 5.02 Å². The van der Waals surface area contributed by atoms with Crippen molar-refractivity contribution in [2.75, 3.05) is 6.54 Å². The number of carbonyl (C=O) groups is 2. The number of amides is 2. The van der Waals surface area contributed by atoms with E-state index in [2.05, 4.69) is 15.6 Å². The van der Waals surface area contributed by atoms with Gasteiger partial charge in [-0.05, 0) is 67.5 Å². The van der Waals surface area contributed by atoms with Gasteiger partial charge in [0, 0.05) is 42.3 Å². The van der Waals surface area contributed by atoms with E-state index in [0.717, 1.165) is 43.2 Å². The van der Waals surface area contributed by atoms with Gasteiger partial charge in [0.1, 0.15) is 0 Å². The molecular formula is C22H26ClN3O2. The number of pyridine rings is 1. The highest BCUT2D eigenvalue weighted by molar-refractivity contribution is 6.30. The highest BCUT2D eigenvalue weighted by Crippen LogP contribution is 2.29. The monoisotopic (exact) mass is 399 g/mol. The summed E-state index contributed by atoms with van der Waals surface area (Å²) in [6, 6.07) is 11.5. The first-order chi connectivity index (χ1) is 13.6. The molecule has 1 aliphatic rings. The summed E-state index contributed by atoms with van der Waals surface area (Å²) in [5.74, 6) is 0.192. The number of halogens is 1. The molecule has 2 amide bonds. The lowest BCUT2D eigenvalue weighted by Gasteiger charge is -2.27. The molecule has 1 aromatic carbocycles. The fraction of sp³-hybridized carbons (Fsp3) is 0.409. The van der Waals surface area contributed by atoms with Gasteiger partial charge in [-0.15, -0.1) is 0 Å². The molecule has 3 rings (SSSR count). The van der Waals surface area contributed by atoms with Crippen molar-refractivity contribution in [3.05, 3.63) is 64.9 Å². The van der Waals surface area contributed by atoms with Crippen LogP contribution in [0.15, 0.2) is 48.8 Å². The summed E-state index contributed by atoms with van der Waals surface area (Å²) in [4.78, 5) is 28.7. The summed E-state index contributed by atoms with van der Waals surface area (Å²) in [6.07, 6.45) is 7.28. The quantitative estimate of drug-likeness (QED) is 0.748. The predicted octanol–water partition coefficient (Wildman–Crippen LogP) is 3.52. The third-order valence-electron chi connectivity index (χ3n) is 5.31. The molecule has 0 spiro atoms. The maximum Gasteiger partial charge on any atom is 0.223 e. The Morgan fingerprint density at radius 3 is 2.04 bits per heavy atom. The molecule has 2 N–H and O–H groups in total. The molecule has 148 valence electrons. The van der Waals surface area contributed by atoms with Crippen LogP contribution in [0.4, 0.5) is 0 Å². The van der Waals surface area contributed by atoms with E-state index < -0.39 is 0 Å². The van der Waals surface area contributed by atoms with Crippen molar-refractivity contribution in [1.29, 1.82) is 0 Å². The maximum atomic E-state index is 12.4. The van der Waals surface area contributed by atoms with E-state index in [1.165, 1.54) is 0 Å². The van der Waals surface area contributed by atoms with E-state index in [0.29, 0.717) is 18.1 Å². The van der Waals surface area contributed by atoms with Gasteiger partial charge in [-0.1, -0.05) is 23.7 Å². The molecule has 0 aliphatic heterocycles. The van der Waals surface area contributed by atoms with Gasteiger partial charge in [0.05, 0.1) is 0 Å². The number of benzene rings is 1. The summed E-state index contributed by atoms with van der Waals surface area (Å²) < 4.78 is 0. The zero-order chi connectivity index (χ0) is 19.8. The maximum absolute atomic E-state index is 12.4. The minimum Gasteiger partial charge on any atom is -0.356 e. The number of carbonyl (C=O) groups excluding carboxylic acids is 2. The Kier molecular flexibility index (Phi) is 7.43. The summed E-state index contributed by atoms with van der Waals surface area (Å²) in [5.41, 5.74) is 2.19. The van der Waals surface area contributed by atoms with Crippen LogP contribution in [-0.2, 0) is 22.6 Å². The van der Waals surface area contributed by atoms with Crippen molar-refractivity contribution in [3.8, 4) is 0 Å². The molecule has 2 aromatic rings. The molecule has 28 heavy (non-hydrogen) atoms. The zero-order valence-electron chi connectivity index (χ0n) is 15.9. The Morgan fingerprint density at radius 1 is 0.857 bits per heavy atom. The smallest absolute Gasteiger partial charge is 0.223 e. The molecule has 0 atom stereocenters. The standard InChI is InChI=1S/C22H26ClN3O2/c23-20-7-1-16(2-8-20)11-14-25-21(27)18-3-5-19(6-4-18)22(28)26-15-17-9-12-24-13-10-17/h1-2,7-10,12-13,18-19H,3-6,11,14-15H2,(H,25,27)(H,26,28). The minimum atomic E-state index is -0.0000421. The second-order valence-corrected chi connectivity index (χ2v) is 7.73. The number of rotatable bonds is 7. The van der Waals surface area contributed by atoms with Crippen LogP contribution < -0.4 is 10.6 Å². The van der Waals surface area contributed by atoms with E-state index in [9.17, 15) is 9.59 Å². The Balaban J connectivity index is 1.35. The van der Waals surface area contributed by atoms with E-state index in [1.807, 2.05) is 36.4 Å². The largest absolute Gasteiger partial charge is 0.356 e. The number of hydrogen-bond donors (Lipinski definition) is 2. The van der Waals surface area contributed by atoms with E-state index in [4.69, 9.17) is 11.6 Å². The van der Waals surface area contributed by atoms with E-state index in [-0.39, 0.29) is 23.7 Å². The predicted molar refractivity (Wildman–Crippen MR) is 110 cm³/mol. The molecule has 1 aromatic heterocycles. The van der Waals surface area contributed by atoms with Crippen molar-refractivity contribution in [2.24, 2.45) is 11.8 Å². The molecule has 6 heteroatoms. The van der Waals surface area contributed by atoms with Crippen LogP contribution in [0.25, 0.3) is 0 Å². The summed E-state index contributed by atoms with van der Waals surface area (Å²) >= 11 is 5.88. The highest BCUT2D eigenvalue weighted by atomic mass is 35.5. The second-order valence-electron chi connectivity index (χ2n) is 7.29. The fourth-order valence-corrected chi connectivity index (χ4v) is 3.70. The Labute approximate surface area is 170 Å². The Hall–Kier alpha value is -2.40. The van der Waals surface area contributed by atoms with Crippen LogP contribution in [0.3, 0.4) is 0 Å². The van der Waals surface area contributed by atoms with Crippen molar-refractivity contribution in [2.45, 2.75) is 38.6 Å². The molecule has 0 saturated heterocycles. The first kappa shape index (κ1) is 20.3. The molecule has 1 heterocycles. The van der Waals surface area contributed by atoms with Crippen molar-refractivity contribution in [1.82, 2.24) is 15.6 Å². The van der Waals surface area contributed by atoms with Gasteiger partial charge in [0.15, 0.2) is 0 Å². The van der Waals surface area contributed by atoms with Gasteiger partial charge >= 0.3 is 0 Å². The molecular weight excluding hydrogens is 374 g/mol. The Morgan fingerprint density at radius 2 is 1.43 bits per heavy atom. The number of aromatic nitrogens is 1. The first-order valence-electron chi connectivity index (χ1n) is 9.80. The lowest BCUT2D eigenvalue weighted by Crippen LogP contribution is -2.37. The van der Waals surface area contributed by atoms with Gasteiger partial charge in [-0.3, -0.25) is 14.6 Å². The third kappa shape index (κ3) is 6.06. The van der Waals surface area contributed by atoms with Crippen molar-refractivity contribution < 1.29 is 9.59 Å². The lowest BCUT2D eigenvalue weighted by molar-refractivity contribution is -0.130. The fourth-order valence-electron chi connectivity index (χ4n) is 3.58. The van der Waals surface area contributed by atoms with Crippen LogP contribution in [0, 0.1) is 11.8 Å². The number of nitrogens with zero attached hydrogens (tertiary/aromatic N) is 1. The lowest BCUT2D eigenvalue weighted by atomic mass is 9.81. The normalized spacial score (nSPS) is 19.0. The van der Waals surface area contributed by atoms with E-state index in [1.54, 1.807) is 12.4 Å². The van der Waals surface area contributed by atoms with Gasteiger partial charge in [0.25, 0.3) is 0 Å². The summed E-state index contributed by atoms with van der Waals surface area (Å²) in [6.45, 7) is 1.14. The van der Waals surface area contributed by atoms with Crippen molar-refractivity contribution >= 4 is 23.4 Å². The first-order valence-corrected chi connectivity index (χ1v) is 10.2. The molecule has 0 bridgehead atoms. The van der Waals surface area contributed by atoms with E-state index >= 15 is 0 Å². The average Bonchev–Trinajstić information content (AvgIpc) is 2.74. The third-order valence-corrected chi connectivity index (χ3v) is 5.56.